The van der Waals surface area contributed by atoms with Gasteiger partial charge in [0.25, 0.3) is 5.91 Å². The third-order valence-corrected chi connectivity index (χ3v) is 4.19. The lowest BCUT2D eigenvalue weighted by atomic mass is 10.1. The Hall–Kier alpha value is -2.41. The Morgan fingerprint density at radius 3 is 2.96 bits per heavy atom. The van der Waals surface area contributed by atoms with Crippen molar-refractivity contribution in [2.75, 3.05) is 19.6 Å². The minimum atomic E-state index is -0.585. The second-order valence-corrected chi connectivity index (χ2v) is 5.90. The van der Waals surface area contributed by atoms with Crippen LogP contribution in [0, 0.1) is 0 Å². The zero-order valence-electron chi connectivity index (χ0n) is 13.3. The fourth-order valence-corrected chi connectivity index (χ4v) is 2.88. The zero-order chi connectivity index (χ0) is 16.4. The maximum atomic E-state index is 12.5. The van der Waals surface area contributed by atoms with Crippen LogP contribution in [0.5, 0.6) is 0 Å². The number of piperazine rings is 1. The van der Waals surface area contributed by atoms with Gasteiger partial charge in [-0.25, -0.2) is 0 Å². The molecule has 1 unspecified atom stereocenters. The standard InChI is InChI=1S/C16H21N5O2/c1-10-9-17-7-8-21(10)16(23)11(2)18-15(22)14-12-5-3-4-6-13(12)19-20-14/h3-6,10-11,17H,7-9H2,1-2H3,(H,18,22)(H,19,20)/t10-,11?/m1/s1. The van der Waals surface area contributed by atoms with E-state index in [4.69, 9.17) is 0 Å². The van der Waals surface area contributed by atoms with E-state index in [0.29, 0.717) is 12.2 Å². The van der Waals surface area contributed by atoms with Gasteiger partial charge in [-0.15, -0.1) is 0 Å². The highest BCUT2D eigenvalue weighted by Gasteiger charge is 2.28. The van der Waals surface area contributed by atoms with Gasteiger partial charge in [0.05, 0.1) is 5.52 Å². The second-order valence-electron chi connectivity index (χ2n) is 5.90. The number of hydrogen-bond acceptors (Lipinski definition) is 4. The maximum absolute atomic E-state index is 12.5. The van der Waals surface area contributed by atoms with Crippen LogP contribution < -0.4 is 10.6 Å². The first kappa shape index (κ1) is 15.5. The molecule has 2 amide bonds. The summed E-state index contributed by atoms with van der Waals surface area (Å²) in [6.07, 6.45) is 0. The van der Waals surface area contributed by atoms with Crippen molar-refractivity contribution < 1.29 is 9.59 Å². The fourth-order valence-electron chi connectivity index (χ4n) is 2.88. The van der Waals surface area contributed by atoms with Crippen LogP contribution in [0.1, 0.15) is 24.3 Å². The Kier molecular flexibility index (Phi) is 4.29. The maximum Gasteiger partial charge on any atom is 0.273 e. The zero-order valence-corrected chi connectivity index (χ0v) is 13.3. The summed E-state index contributed by atoms with van der Waals surface area (Å²) in [6, 6.07) is 6.96. The molecule has 1 aliphatic rings. The number of fused-ring (bicyclic) bond motifs is 1. The molecule has 1 saturated heterocycles. The highest BCUT2D eigenvalue weighted by atomic mass is 16.2. The van der Waals surface area contributed by atoms with E-state index in [9.17, 15) is 9.59 Å². The molecule has 0 aliphatic carbocycles. The third-order valence-electron chi connectivity index (χ3n) is 4.19. The number of nitrogens with one attached hydrogen (secondary N) is 3. The van der Waals surface area contributed by atoms with Crippen molar-refractivity contribution in [3.63, 3.8) is 0 Å². The SMILES string of the molecule is CC(NC(=O)c1n[nH]c2ccccc12)C(=O)N1CCNC[C@H]1C. The van der Waals surface area contributed by atoms with Crippen molar-refractivity contribution in [3.8, 4) is 0 Å². The van der Waals surface area contributed by atoms with Gasteiger partial charge in [0.2, 0.25) is 5.91 Å². The predicted octanol–water partition coefficient (Wildman–Crippen LogP) is 0.502. The van der Waals surface area contributed by atoms with Gasteiger partial charge >= 0.3 is 0 Å². The molecule has 7 nitrogen and oxygen atoms in total. The van der Waals surface area contributed by atoms with Gasteiger partial charge in [0.1, 0.15) is 6.04 Å². The van der Waals surface area contributed by atoms with Gasteiger partial charge in [0, 0.05) is 31.1 Å². The predicted molar refractivity (Wildman–Crippen MR) is 87.1 cm³/mol. The molecular formula is C16H21N5O2. The molecule has 0 spiro atoms. The Morgan fingerprint density at radius 1 is 1.39 bits per heavy atom. The largest absolute Gasteiger partial charge is 0.339 e. The minimum Gasteiger partial charge on any atom is -0.339 e. The first-order chi connectivity index (χ1) is 11.1. The number of benzene rings is 1. The molecule has 0 bridgehead atoms. The van der Waals surface area contributed by atoms with Crippen LogP contribution in [-0.4, -0.2) is 58.6 Å². The van der Waals surface area contributed by atoms with Crippen LogP contribution in [0.15, 0.2) is 24.3 Å². The van der Waals surface area contributed by atoms with Crippen LogP contribution in [0.25, 0.3) is 10.9 Å². The summed E-state index contributed by atoms with van der Waals surface area (Å²) in [5.74, 6) is -0.404. The average Bonchev–Trinajstić information content (AvgIpc) is 2.98. The van der Waals surface area contributed by atoms with E-state index >= 15 is 0 Å². The molecule has 3 rings (SSSR count). The van der Waals surface area contributed by atoms with E-state index in [0.717, 1.165) is 24.0 Å². The molecule has 1 fully saturated rings. The molecular weight excluding hydrogens is 294 g/mol. The van der Waals surface area contributed by atoms with E-state index < -0.39 is 6.04 Å². The van der Waals surface area contributed by atoms with Crippen molar-refractivity contribution in [2.24, 2.45) is 0 Å². The van der Waals surface area contributed by atoms with E-state index in [2.05, 4.69) is 20.8 Å². The van der Waals surface area contributed by atoms with Crippen LogP contribution in [0.4, 0.5) is 0 Å². The summed E-state index contributed by atoms with van der Waals surface area (Å²) in [4.78, 5) is 26.8. The molecule has 7 heteroatoms. The summed E-state index contributed by atoms with van der Waals surface area (Å²) >= 11 is 0. The lowest BCUT2D eigenvalue weighted by Gasteiger charge is -2.35. The molecule has 1 aromatic heterocycles. The molecule has 0 saturated carbocycles. The normalized spacial score (nSPS) is 19.6. The molecule has 23 heavy (non-hydrogen) atoms. The van der Waals surface area contributed by atoms with Crippen molar-refractivity contribution in [3.05, 3.63) is 30.0 Å². The Bertz CT molecular complexity index is 726. The minimum absolute atomic E-state index is 0.0628. The number of amides is 2. The third kappa shape index (κ3) is 3.05. The molecule has 0 radical (unpaired) electrons. The van der Waals surface area contributed by atoms with Gasteiger partial charge in [-0.05, 0) is 19.9 Å². The van der Waals surface area contributed by atoms with E-state index in [1.54, 1.807) is 6.92 Å². The molecule has 2 atom stereocenters. The van der Waals surface area contributed by atoms with E-state index in [1.807, 2.05) is 36.1 Å². The van der Waals surface area contributed by atoms with E-state index in [1.165, 1.54) is 0 Å². The molecule has 2 heterocycles. The highest BCUT2D eigenvalue weighted by molar-refractivity contribution is 6.05. The van der Waals surface area contributed by atoms with Crippen molar-refractivity contribution in [1.82, 2.24) is 25.7 Å². The lowest BCUT2D eigenvalue weighted by Crippen LogP contribution is -2.57. The summed E-state index contributed by atoms with van der Waals surface area (Å²) in [6.45, 7) is 5.92. The smallest absolute Gasteiger partial charge is 0.273 e. The summed E-state index contributed by atoms with van der Waals surface area (Å²) < 4.78 is 0. The quantitative estimate of drug-likeness (QED) is 0.769. The number of carbonyl (C=O) groups excluding carboxylic acids is 2. The number of aromatic amines is 1. The Morgan fingerprint density at radius 2 is 2.17 bits per heavy atom. The van der Waals surface area contributed by atoms with E-state index in [-0.39, 0.29) is 17.9 Å². The van der Waals surface area contributed by atoms with Crippen LogP contribution in [-0.2, 0) is 4.79 Å². The first-order valence-corrected chi connectivity index (χ1v) is 7.83. The van der Waals surface area contributed by atoms with Gasteiger partial charge in [0.15, 0.2) is 5.69 Å². The first-order valence-electron chi connectivity index (χ1n) is 7.83. The number of H-pyrrole nitrogens is 1. The molecule has 1 aromatic carbocycles. The van der Waals surface area contributed by atoms with Gasteiger partial charge in [-0.1, -0.05) is 18.2 Å². The monoisotopic (exact) mass is 315 g/mol. The van der Waals surface area contributed by atoms with Gasteiger partial charge in [-0.3, -0.25) is 14.7 Å². The molecule has 2 aromatic rings. The number of carbonyl (C=O) groups is 2. The number of para-hydroxylation sites is 1. The summed E-state index contributed by atoms with van der Waals surface area (Å²) in [5.41, 5.74) is 1.11. The highest BCUT2D eigenvalue weighted by Crippen LogP contribution is 2.15. The van der Waals surface area contributed by atoms with Gasteiger partial charge < -0.3 is 15.5 Å². The van der Waals surface area contributed by atoms with Gasteiger partial charge in [-0.2, -0.15) is 5.10 Å². The second kappa shape index (κ2) is 6.37. The Labute approximate surface area is 134 Å². The lowest BCUT2D eigenvalue weighted by molar-refractivity contribution is -0.135. The van der Waals surface area contributed by atoms with Crippen molar-refractivity contribution >= 4 is 22.7 Å². The summed E-state index contributed by atoms with van der Waals surface area (Å²) in [7, 11) is 0. The fraction of sp³-hybridized carbons (Fsp3) is 0.438. The van der Waals surface area contributed by atoms with Crippen LogP contribution >= 0.6 is 0 Å². The molecule has 1 aliphatic heterocycles. The molecule has 3 N–H and O–H groups in total. The number of rotatable bonds is 3. The van der Waals surface area contributed by atoms with Crippen LogP contribution in [0.2, 0.25) is 0 Å². The molecule has 122 valence electrons. The topological polar surface area (TPSA) is 90.1 Å². The van der Waals surface area contributed by atoms with Crippen LogP contribution in [0.3, 0.4) is 0 Å². The number of hydrogen-bond donors (Lipinski definition) is 3. The average molecular weight is 315 g/mol. The Balaban J connectivity index is 1.70. The summed E-state index contributed by atoms with van der Waals surface area (Å²) in [5, 5.41) is 13.6. The van der Waals surface area contributed by atoms with Crippen molar-refractivity contribution in [2.45, 2.75) is 25.9 Å². The van der Waals surface area contributed by atoms with Crippen molar-refractivity contribution in [1.29, 1.82) is 0 Å². The number of aromatic nitrogens is 2. The number of nitrogens with zero attached hydrogens (tertiary/aromatic N) is 2.